The molecule has 0 saturated carbocycles. The Morgan fingerprint density at radius 2 is 2.47 bits per heavy atom. The zero-order valence-corrected chi connectivity index (χ0v) is 8.54. The largest absolute Gasteiger partial charge is 0.454 e. The quantitative estimate of drug-likeness (QED) is 0.827. The van der Waals surface area contributed by atoms with Gasteiger partial charge in [-0.25, -0.2) is 0 Å². The first-order valence-electron chi connectivity index (χ1n) is 7.44. The Balaban J connectivity index is 2.26. The predicted molar refractivity (Wildman–Crippen MR) is 59.4 cm³/mol. The minimum Gasteiger partial charge on any atom is -0.454 e. The molecule has 2 unspecified atom stereocenters. The fourth-order valence-electron chi connectivity index (χ4n) is 1.43. The number of ether oxygens (including phenoxy) is 2. The first-order chi connectivity index (χ1) is 9.25. The van der Waals surface area contributed by atoms with E-state index in [0.717, 1.165) is 0 Å². The number of nitrogens with one attached hydrogen (secondary N) is 1. The smallest absolute Gasteiger partial charge is 0.231 e. The number of hydrogen-bond acceptors (Lipinski definition) is 3. The van der Waals surface area contributed by atoms with Crippen LogP contribution in [-0.4, -0.2) is 19.8 Å². The number of rotatable bonds is 4. The highest BCUT2D eigenvalue weighted by molar-refractivity contribution is 5.44. The summed E-state index contributed by atoms with van der Waals surface area (Å²) in [5, 5.41) is 2.26. The Bertz CT molecular complexity index is 493. The van der Waals surface area contributed by atoms with Crippen LogP contribution in [0.4, 0.5) is 0 Å². The van der Waals surface area contributed by atoms with Gasteiger partial charge in [0.15, 0.2) is 11.5 Å². The summed E-state index contributed by atoms with van der Waals surface area (Å²) in [4.78, 5) is 0. The molecule has 0 saturated heterocycles. The van der Waals surface area contributed by atoms with Crippen LogP contribution in [0, 0.1) is 0 Å². The summed E-state index contributed by atoms with van der Waals surface area (Å²) >= 11 is 0. The van der Waals surface area contributed by atoms with E-state index in [1.165, 1.54) is 0 Å². The number of benzene rings is 1. The highest BCUT2D eigenvalue weighted by Gasteiger charge is 2.14. The molecule has 1 aromatic carbocycles. The van der Waals surface area contributed by atoms with Crippen molar-refractivity contribution in [3.63, 3.8) is 0 Å². The lowest BCUT2D eigenvalue weighted by Gasteiger charge is -2.13. The molecule has 0 fully saturated rings. The van der Waals surface area contributed by atoms with Gasteiger partial charge in [-0.2, -0.15) is 0 Å². The van der Waals surface area contributed by atoms with E-state index in [4.69, 9.17) is 16.3 Å². The van der Waals surface area contributed by atoms with Crippen molar-refractivity contribution < 1.29 is 16.3 Å². The monoisotopic (exact) mass is 212 g/mol. The molecule has 3 nitrogen and oxygen atoms in total. The van der Waals surface area contributed by atoms with Gasteiger partial charge in [0.2, 0.25) is 6.79 Å². The Hall–Kier alpha value is -1.22. The van der Waals surface area contributed by atoms with Crippen LogP contribution < -0.4 is 14.8 Å². The second-order valence-corrected chi connectivity index (χ2v) is 3.26. The van der Waals surface area contributed by atoms with E-state index in [0.29, 0.717) is 17.1 Å². The Kier molecular flexibility index (Phi) is 1.74. The Morgan fingerprint density at radius 1 is 1.60 bits per heavy atom. The van der Waals surface area contributed by atoms with Crippen LogP contribution in [0.5, 0.6) is 11.5 Å². The average molecular weight is 212 g/mol. The van der Waals surface area contributed by atoms with Crippen molar-refractivity contribution in [1.82, 2.24) is 5.32 Å². The van der Waals surface area contributed by atoms with E-state index in [-0.39, 0.29) is 13.2 Å². The minimum absolute atomic E-state index is 0.134. The lowest BCUT2D eigenvalue weighted by Crippen LogP contribution is -2.26. The molecule has 2 atom stereocenters. The molecule has 1 aliphatic heterocycles. The molecule has 1 N–H and O–H groups in total. The van der Waals surface area contributed by atoms with Crippen molar-refractivity contribution in [3.8, 4) is 11.5 Å². The molecule has 1 heterocycles. The molecule has 0 aliphatic carbocycles. The van der Waals surface area contributed by atoms with Crippen LogP contribution in [0.25, 0.3) is 0 Å². The molecular formula is C12H17NO2. The summed E-state index contributed by atoms with van der Waals surface area (Å²) < 4.78 is 48.6. The third-order valence-corrected chi connectivity index (χ3v) is 2.28. The number of fused-ring (bicyclic) bond motifs is 1. The molecule has 3 heteroatoms. The van der Waals surface area contributed by atoms with Crippen molar-refractivity contribution in [2.45, 2.75) is 25.8 Å². The van der Waals surface area contributed by atoms with Gasteiger partial charge in [0, 0.05) is 12.9 Å². The van der Waals surface area contributed by atoms with Crippen molar-refractivity contribution in [2.24, 2.45) is 0 Å². The Labute approximate surface area is 97.4 Å². The zero-order chi connectivity index (χ0) is 15.0. The fourth-order valence-corrected chi connectivity index (χ4v) is 1.43. The fraction of sp³-hybridized carbons (Fsp3) is 0.500. The van der Waals surface area contributed by atoms with E-state index in [1.807, 2.05) is 0 Å². The number of hydrogen-bond donors (Lipinski definition) is 1. The predicted octanol–water partition coefficient (Wildman–Crippen LogP) is 1.96. The molecule has 2 rings (SSSR count). The van der Waals surface area contributed by atoms with E-state index in [2.05, 4.69) is 5.32 Å². The van der Waals surface area contributed by atoms with Gasteiger partial charge in [0.05, 0.1) is 0 Å². The molecule has 0 radical (unpaired) electrons. The second kappa shape index (κ2) is 4.53. The van der Waals surface area contributed by atoms with E-state index in [9.17, 15) is 0 Å². The highest BCUT2D eigenvalue weighted by atomic mass is 16.7. The van der Waals surface area contributed by atoms with Gasteiger partial charge in [-0.3, -0.25) is 0 Å². The van der Waals surface area contributed by atoms with Gasteiger partial charge < -0.3 is 14.8 Å². The third kappa shape index (κ3) is 2.23. The number of likely N-dealkylation sites (N-methyl/N-ethyl adjacent to an activating group) is 1. The van der Waals surface area contributed by atoms with Crippen molar-refractivity contribution in [3.05, 3.63) is 23.8 Å². The third-order valence-electron chi connectivity index (χ3n) is 2.28. The molecule has 15 heavy (non-hydrogen) atoms. The summed E-state index contributed by atoms with van der Waals surface area (Å²) in [5.74, 6) is 1.11. The van der Waals surface area contributed by atoms with Gasteiger partial charge >= 0.3 is 0 Å². The maximum Gasteiger partial charge on any atom is 0.231 e. The van der Waals surface area contributed by atoms with Gasteiger partial charge in [-0.05, 0) is 37.5 Å². The van der Waals surface area contributed by atoms with Gasteiger partial charge in [-0.15, -0.1) is 0 Å². The lowest BCUT2D eigenvalue weighted by atomic mass is 10.0. The summed E-state index contributed by atoms with van der Waals surface area (Å²) in [6.07, 6.45) is -0.865. The first-order valence-corrected chi connectivity index (χ1v) is 4.86. The first kappa shape index (κ1) is 5.75. The molecular weight excluding hydrogens is 190 g/mol. The summed E-state index contributed by atoms with van der Waals surface area (Å²) in [6, 6.07) is 3.36. The van der Waals surface area contributed by atoms with E-state index in [1.54, 1.807) is 25.1 Å². The molecule has 0 spiro atoms. The Morgan fingerprint density at radius 3 is 3.27 bits per heavy atom. The maximum absolute atomic E-state index is 8.23. The lowest BCUT2D eigenvalue weighted by molar-refractivity contribution is 0.174. The molecule has 82 valence electrons. The van der Waals surface area contributed by atoms with Crippen LogP contribution in [0.2, 0.25) is 0 Å². The van der Waals surface area contributed by atoms with Crippen LogP contribution >= 0.6 is 0 Å². The minimum atomic E-state index is -2.46. The van der Waals surface area contributed by atoms with Crippen molar-refractivity contribution in [1.29, 1.82) is 0 Å². The standard InChI is InChI=1S/C12H17NO2/c1-3-10(13-2)6-9-4-5-11-12(7-9)15-8-14-11/h4-5,7,10,13H,3,6,8H2,1-2H3/i2D3,6D,10D. The van der Waals surface area contributed by atoms with Crippen LogP contribution in [0.3, 0.4) is 0 Å². The topological polar surface area (TPSA) is 30.5 Å². The van der Waals surface area contributed by atoms with Crippen LogP contribution in [0.15, 0.2) is 18.2 Å². The van der Waals surface area contributed by atoms with Crippen LogP contribution in [0.1, 0.15) is 25.8 Å². The summed E-state index contributed by atoms with van der Waals surface area (Å²) in [5.41, 5.74) is 0.517. The average Bonchev–Trinajstić information content (AvgIpc) is 2.82. The van der Waals surface area contributed by atoms with Crippen LogP contribution in [-0.2, 0) is 6.40 Å². The normalized spacial score (nSPS) is 25.3. The van der Waals surface area contributed by atoms with Crippen molar-refractivity contribution >= 4 is 0 Å². The molecule has 0 aromatic heterocycles. The summed E-state index contributed by atoms with van der Waals surface area (Å²) in [7, 11) is 0. The molecule has 1 aliphatic rings. The van der Waals surface area contributed by atoms with E-state index < -0.39 is 19.4 Å². The van der Waals surface area contributed by atoms with Gasteiger partial charge in [0.1, 0.15) is 0 Å². The molecule has 1 aromatic rings. The van der Waals surface area contributed by atoms with Gasteiger partial charge in [0.25, 0.3) is 0 Å². The van der Waals surface area contributed by atoms with Gasteiger partial charge in [-0.1, -0.05) is 13.0 Å². The SMILES string of the molecule is [2H]C(c1ccc2c(c1)OCO2)C([2H])(CC)NC([2H])([2H])[2H]. The molecule has 0 amide bonds. The highest BCUT2D eigenvalue weighted by Crippen LogP contribution is 2.32. The van der Waals surface area contributed by atoms with Crippen molar-refractivity contribution in [2.75, 3.05) is 13.8 Å². The maximum atomic E-state index is 8.23. The second-order valence-electron chi connectivity index (χ2n) is 3.26. The zero-order valence-electron chi connectivity index (χ0n) is 13.5. The molecule has 0 bridgehead atoms. The summed E-state index contributed by atoms with van der Waals surface area (Å²) in [6.45, 7) is -0.650. The van der Waals surface area contributed by atoms with E-state index >= 15 is 0 Å².